The van der Waals surface area contributed by atoms with Gasteiger partial charge in [-0.3, -0.25) is 0 Å². The van der Waals surface area contributed by atoms with Gasteiger partial charge in [-0.2, -0.15) is 0 Å². The van der Waals surface area contributed by atoms with Crippen LogP contribution in [0.4, 0.5) is 0 Å². The number of furan rings is 1. The molecule has 2 heterocycles. The minimum absolute atomic E-state index is 0.00530. The lowest BCUT2D eigenvalue weighted by Gasteiger charge is -2.28. The Labute approximate surface area is 171 Å². The van der Waals surface area contributed by atoms with Gasteiger partial charge in [0.2, 0.25) is 0 Å². The minimum Gasteiger partial charge on any atom is -0.478 e. The summed E-state index contributed by atoms with van der Waals surface area (Å²) in [6.07, 6.45) is 0. The van der Waals surface area contributed by atoms with Gasteiger partial charge in [-0.15, -0.1) is 0 Å². The molecule has 1 atom stereocenters. The van der Waals surface area contributed by atoms with Gasteiger partial charge < -0.3 is 24.9 Å². The topological polar surface area (TPSA) is 101 Å². The molecule has 1 aliphatic rings. The summed E-state index contributed by atoms with van der Waals surface area (Å²) in [7, 11) is 0. The van der Waals surface area contributed by atoms with Crippen molar-refractivity contribution in [3.63, 3.8) is 0 Å². The highest BCUT2D eigenvalue weighted by Crippen LogP contribution is 2.33. The van der Waals surface area contributed by atoms with Gasteiger partial charge in [0.15, 0.2) is 5.11 Å². The number of allylic oxidation sites excluding steroid dienone is 1. The van der Waals surface area contributed by atoms with Crippen LogP contribution < -0.4 is 10.6 Å². The van der Waals surface area contributed by atoms with Crippen LogP contribution in [0.3, 0.4) is 0 Å². The number of carboxylic acid groups (broad SMARTS) is 1. The molecule has 1 aliphatic heterocycles. The lowest BCUT2D eigenvalue weighted by atomic mass is 10.0. The fraction of sp³-hybridized carbons (Fsp3) is 0.211. The lowest BCUT2D eigenvalue weighted by Crippen LogP contribution is -2.45. The van der Waals surface area contributed by atoms with Crippen molar-refractivity contribution in [3.8, 4) is 11.3 Å². The molecular weight excluding hydrogens is 404 g/mol. The largest absolute Gasteiger partial charge is 0.478 e. The molecule has 3 N–H and O–H groups in total. The van der Waals surface area contributed by atoms with Crippen LogP contribution in [-0.2, 0) is 9.53 Å². The summed E-state index contributed by atoms with van der Waals surface area (Å²) in [5.41, 5.74) is 1.57. The number of halogens is 1. The van der Waals surface area contributed by atoms with E-state index in [1.165, 1.54) is 12.1 Å². The van der Waals surface area contributed by atoms with Crippen molar-refractivity contribution in [2.45, 2.75) is 19.9 Å². The summed E-state index contributed by atoms with van der Waals surface area (Å²) in [5, 5.41) is 15.5. The van der Waals surface area contributed by atoms with Crippen molar-refractivity contribution in [3.05, 3.63) is 57.9 Å². The van der Waals surface area contributed by atoms with E-state index in [4.69, 9.17) is 38.1 Å². The Morgan fingerprint density at radius 3 is 2.71 bits per heavy atom. The summed E-state index contributed by atoms with van der Waals surface area (Å²) in [6, 6.07) is 7.34. The minimum atomic E-state index is -1.11. The van der Waals surface area contributed by atoms with Crippen molar-refractivity contribution >= 4 is 40.9 Å². The molecule has 0 bridgehead atoms. The number of nitrogens with one attached hydrogen (secondary N) is 2. The molecule has 0 saturated carbocycles. The Kier molecular flexibility index (Phi) is 5.71. The van der Waals surface area contributed by atoms with Gasteiger partial charge >= 0.3 is 11.9 Å². The first-order valence-corrected chi connectivity index (χ1v) is 9.18. The number of esters is 1. The third-order valence-corrected chi connectivity index (χ3v) is 4.69. The van der Waals surface area contributed by atoms with Gasteiger partial charge in [0.1, 0.15) is 17.6 Å². The maximum Gasteiger partial charge on any atom is 0.338 e. The van der Waals surface area contributed by atoms with E-state index in [1.807, 2.05) is 0 Å². The summed E-state index contributed by atoms with van der Waals surface area (Å²) >= 11 is 11.2. The summed E-state index contributed by atoms with van der Waals surface area (Å²) < 4.78 is 11.1. The zero-order chi connectivity index (χ0) is 20.4. The van der Waals surface area contributed by atoms with Gasteiger partial charge in [0.05, 0.1) is 22.8 Å². The molecule has 7 nitrogen and oxygen atoms in total. The third kappa shape index (κ3) is 3.88. The van der Waals surface area contributed by atoms with Gasteiger partial charge in [0.25, 0.3) is 0 Å². The van der Waals surface area contributed by atoms with Crippen LogP contribution in [0.5, 0.6) is 0 Å². The standard InChI is InChI=1S/C19H17ClN2O5S/c1-3-26-18(25)15-9(2)21-19(28)22-16(15)14-7-6-13(27-14)10-4-5-11(17(23)24)12(20)8-10/h4-8,16H,3H2,1-2H3,(H,23,24)(H2,21,22,28)/t16-/m1/s1. The average Bonchev–Trinajstić information content (AvgIpc) is 3.10. The first kappa shape index (κ1) is 19.9. The average molecular weight is 421 g/mol. The number of hydrogen-bond donors (Lipinski definition) is 3. The van der Waals surface area contributed by atoms with Crippen LogP contribution >= 0.6 is 23.8 Å². The number of hydrogen-bond acceptors (Lipinski definition) is 5. The van der Waals surface area contributed by atoms with E-state index in [0.717, 1.165) is 0 Å². The molecule has 0 unspecified atom stereocenters. The van der Waals surface area contributed by atoms with Gasteiger partial charge in [-0.05, 0) is 50.3 Å². The van der Waals surface area contributed by atoms with Crippen LogP contribution in [0.2, 0.25) is 5.02 Å². The predicted molar refractivity (Wildman–Crippen MR) is 107 cm³/mol. The number of carbonyl (C=O) groups excluding carboxylic acids is 1. The number of benzene rings is 1. The number of rotatable bonds is 5. The summed E-state index contributed by atoms with van der Waals surface area (Å²) in [5.74, 6) is -0.649. The highest BCUT2D eigenvalue weighted by Gasteiger charge is 2.33. The van der Waals surface area contributed by atoms with E-state index < -0.39 is 18.0 Å². The molecule has 146 valence electrons. The van der Waals surface area contributed by atoms with Crippen LogP contribution in [0.25, 0.3) is 11.3 Å². The molecule has 3 rings (SSSR count). The molecule has 2 aromatic rings. The molecule has 0 spiro atoms. The number of ether oxygens (including phenoxy) is 1. The number of aromatic carboxylic acids is 1. The van der Waals surface area contributed by atoms with Crippen molar-refractivity contribution in [1.82, 2.24) is 10.6 Å². The fourth-order valence-corrected chi connectivity index (χ4v) is 3.42. The zero-order valence-corrected chi connectivity index (χ0v) is 16.6. The monoisotopic (exact) mass is 420 g/mol. The molecular formula is C19H17ClN2O5S. The Bertz CT molecular complexity index is 998. The van der Waals surface area contributed by atoms with Gasteiger partial charge in [-0.25, -0.2) is 9.59 Å². The lowest BCUT2D eigenvalue weighted by molar-refractivity contribution is -0.139. The Morgan fingerprint density at radius 1 is 1.32 bits per heavy atom. The first-order valence-electron chi connectivity index (χ1n) is 8.40. The van der Waals surface area contributed by atoms with Crippen molar-refractivity contribution in [1.29, 1.82) is 0 Å². The van der Waals surface area contributed by atoms with E-state index in [0.29, 0.717) is 33.5 Å². The van der Waals surface area contributed by atoms with E-state index >= 15 is 0 Å². The van der Waals surface area contributed by atoms with E-state index in [9.17, 15) is 9.59 Å². The molecule has 0 saturated heterocycles. The second kappa shape index (κ2) is 8.04. The number of carboxylic acids is 1. The molecule has 0 radical (unpaired) electrons. The number of carbonyl (C=O) groups is 2. The van der Waals surface area contributed by atoms with Crippen LogP contribution in [0.15, 0.2) is 46.0 Å². The Morgan fingerprint density at radius 2 is 2.07 bits per heavy atom. The first-order chi connectivity index (χ1) is 13.3. The maximum absolute atomic E-state index is 12.4. The quantitative estimate of drug-likeness (QED) is 0.497. The van der Waals surface area contributed by atoms with E-state index in [-0.39, 0.29) is 17.2 Å². The smallest absolute Gasteiger partial charge is 0.338 e. The predicted octanol–water partition coefficient (Wildman–Crippen LogP) is 3.65. The molecule has 0 amide bonds. The second-order valence-corrected chi connectivity index (χ2v) is 6.81. The SMILES string of the molecule is CCOC(=O)C1=C(C)NC(=S)N[C@@H]1c1ccc(-c2ccc(C(=O)O)c(Cl)c2)o1. The molecule has 1 aromatic carbocycles. The highest BCUT2D eigenvalue weighted by molar-refractivity contribution is 7.80. The molecule has 28 heavy (non-hydrogen) atoms. The normalized spacial score (nSPS) is 16.4. The van der Waals surface area contributed by atoms with Crippen molar-refractivity contribution in [2.75, 3.05) is 6.61 Å². The van der Waals surface area contributed by atoms with E-state index in [1.54, 1.807) is 32.0 Å². The van der Waals surface area contributed by atoms with Crippen molar-refractivity contribution in [2.24, 2.45) is 0 Å². The van der Waals surface area contributed by atoms with Crippen LogP contribution in [0.1, 0.15) is 36.0 Å². The second-order valence-electron chi connectivity index (χ2n) is 5.99. The number of thiocarbonyl (C=S) groups is 1. The molecule has 9 heteroatoms. The summed E-state index contributed by atoms with van der Waals surface area (Å²) in [6.45, 7) is 3.71. The molecule has 0 fully saturated rings. The molecule has 0 aliphatic carbocycles. The van der Waals surface area contributed by atoms with Crippen molar-refractivity contribution < 1.29 is 23.8 Å². The Hall–Kier alpha value is -2.84. The molecule has 1 aromatic heterocycles. The van der Waals surface area contributed by atoms with Crippen LogP contribution in [-0.4, -0.2) is 28.8 Å². The highest BCUT2D eigenvalue weighted by atomic mass is 35.5. The van der Waals surface area contributed by atoms with Gasteiger partial charge in [0, 0.05) is 11.3 Å². The zero-order valence-electron chi connectivity index (χ0n) is 15.0. The van der Waals surface area contributed by atoms with Crippen LogP contribution in [0, 0.1) is 0 Å². The third-order valence-electron chi connectivity index (χ3n) is 4.16. The summed E-state index contributed by atoms with van der Waals surface area (Å²) in [4.78, 5) is 23.5. The van der Waals surface area contributed by atoms with E-state index in [2.05, 4.69) is 10.6 Å². The van der Waals surface area contributed by atoms with Gasteiger partial charge in [-0.1, -0.05) is 17.7 Å². The fourth-order valence-electron chi connectivity index (χ4n) is 2.89. The Balaban J connectivity index is 1.97. The maximum atomic E-state index is 12.4.